The first-order valence-electron chi connectivity index (χ1n) is 6.99. The lowest BCUT2D eigenvalue weighted by molar-refractivity contribution is 0.0533. The van der Waals surface area contributed by atoms with Crippen LogP contribution in [0.4, 0.5) is 10.5 Å². The van der Waals surface area contributed by atoms with Crippen molar-refractivity contribution in [1.82, 2.24) is 0 Å². The van der Waals surface area contributed by atoms with Gasteiger partial charge < -0.3 is 9.47 Å². The molecular formula is C16H21NO3. The maximum Gasteiger partial charge on any atom is 0.415 e. The highest BCUT2D eigenvalue weighted by Crippen LogP contribution is 2.55. The number of nitrogens with zero attached hydrogens (tertiary/aromatic N) is 1. The molecule has 1 amide bonds. The van der Waals surface area contributed by atoms with Crippen molar-refractivity contribution in [2.24, 2.45) is 0 Å². The van der Waals surface area contributed by atoms with E-state index in [1.54, 1.807) is 4.90 Å². The Morgan fingerprint density at radius 3 is 2.60 bits per heavy atom. The van der Waals surface area contributed by atoms with E-state index in [4.69, 9.17) is 9.47 Å². The smallest absolute Gasteiger partial charge is 0.415 e. The molecule has 0 aliphatic carbocycles. The molecule has 2 heterocycles. The number of anilines is 1. The van der Waals surface area contributed by atoms with Gasteiger partial charge in [0.2, 0.25) is 0 Å². The molecule has 3 rings (SSSR count). The van der Waals surface area contributed by atoms with Gasteiger partial charge in [-0.15, -0.1) is 0 Å². The van der Waals surface area contributed by atoms with Crippen molar-refractivity contribution in [2.75, 3.05) is 4.90 Å². The normalized spacial score (nSPS) is 26.6. The van der Waals surface area contributed by atoms with Gasteiger partial charge in [0.05, 0.1) is 11.2 Å². The minimum atomic E-state index is -0.511. The number of fused-ring (bicyclic) bond motifs is 3. The Kier molecular flexibility index (Phi) is 2.67. The highest BCUT2D eigenvalue weighted by molar-refractivity contribution is 5.92. The van der Waals surface area contributed by atoms with Gasteiger partial charge >= 0.3 is 6.09 Å². The quantitative estimate of drug-likeness (QED) is 0.678. The second kappa shape index (κ2) is 3.98. The summed E-state index contributed by atoms with van der Waals surface area (Å²) in [5, 5.41) is 0. The third kappa shape index (κ3) is 1.99. The average molecular weight is 275 g/mol. The fourth-order valence-corrected chi connectivity index (χ4v) is 2.90. The first-order chi connectivity index (χ1) is 9.22. The molecule has 2 aliphatic heterocycles. The van der Waals surface area contributed by atoms with Crippen LogP contribution in [-0.2, 0) is 9.47 Å². The fourth-order valence-electron chi connectivity index (χ4n) is 2.90. The van der Waals surface area contributed by atoms with E-state index in [1.165, 1.54) is 0 Å². The highest BCUT2D eigenvalue weighted by atomic mass is 16.6. The minimum Gasteiger partial charge on any atom is -0.443 e. The Bertz CT molecular complexity index is 559. The number of carbonyl (C=O) groups excluding carboxylic acids is 1. The van der Waals surface area contributed by atoms with E-state index in [9.17, 15) is 4.79 Å². The number of epoxide rings is 1. The van der Waals surface area contributed by atoms with E-state index in [2.05, 4.69) is 0 Å². The zero-order valence-corrected chi connectivity index (χ0v) is 12.6. The summed E-state index contributed by atoms with van der Waals surface area (Å²) in [6.07, 6.45) is -0.159. The largest absolute Gasteiger partial charge is 0.443 e. The average Bonchev–Trinajstić information content (AvgIpc) is 3.07. The predicted octanol–water partition coefficient (Wildman–Crippen LogP) is 3.66. The summed E-state index contributed by atoms with van der Waals surface area (Å²) >= 11 is 0. The molecule has 0 bridgehead atoms. The molecule has 1 saturated heterocycles. The van der Waals surface area contributed by atoms with E-state index in [0.717, 1.165) is 11.3 Å². The van der Waals surface area contributed by atoms with Crippen LogP contribution < -0.4 is 4.90 Å². The van der Waals surface area contributed by atoms with Crippen LogP contribution in [0.25, 0.3) is 0 Å². The molecule has 4 nitrogen and oxygen atoms in total. The summed E-state index contributed by atoms with van der Waals surface area (Å²) in [4.78, 5) is 14.3. The van der Waals surface area contributed by atoms with E-state index in [1.807, 2.05) is 58.9 Å². The van der Waals surface area contributed by atoms with Gasteiger partial charge in [0.15, 0.2) is 0 Å². The summed E-state index contributed by atoms with van der Waals surface area (Å²) in [6, 6.07) is 7.89. The molecule has 0 spiro atoms. The monoisotopic (exact) mass is 275 g/mol. The van der Waals surface area contributed by atoms with Crippen molar-refractivity contribution < 1.29 is 14.3 Å². The van der Waals surface area contributed by atoms with Crippen LogP contribution in [-0.4, -0.2) is 23.3 Å². The molecule has 0 radical (unpaired) electrons. The van der Waals surface area contributed by atoms with Gasteiger partial charge in [0.1, 0.15) is 17.8 Å². The van der Waals surface area contributed by atoms with Gasteiger partial charge in [-0.1, -0.05) is 18.2 Å². The van der Waals surface area contributed by atoms with Crippen LogP contribution >= 0.6 is 0 Å². The van der Waals surface area contributed by atoms with Crippen molar-refractivity contribution in [2.45, 2.75) is 58.0 Å². The van der Waals surface area contributed by atoms with Gasteiger partial charge in [-0.3, -0.25) is 4.90 Å². The molecular weight excluding hydrogens is 254 g/mol. The molecule has 2 aliphatic rings. The lowest BCUT2D eigenvalue weighted by atomic mass is 9.87. The number of rotatable bonds is 0. The molecule has 2 atom stereocenters. The third-order valence-electron chi connectivity index (χ3n) is 3.82. The van der Waals surface area contributed by atoms with Gasteiger partial charge in [-0.2, -0.15) is 0 Å². The third-order valence-corrected chi connectivity index (χ3v) is 3.82. The Morgan fingerprint density at radius 2 is 1.95 bits per heavy atom. The first-order valence-corrected chi connectivity index (χ1v) is 6.99. The van der Waals surface area contributed by atoms with Crippen LogP contribution in [0.5, 0.6) is 0 Å². The number of benzene rings is 1. The second-order valence-electron chi connectivity index (χ2n) is 7.01. The maximum atomic E-state index is 12.6. The summed E-state index contributed by atoms with van der Waals surface area (Å²) in [6.45, 7) is 9.69. The van der Waals surface area contributed by atoms with Gasteiger partial charge in [0.25, 0.3) is 0 Å². The van der Waals surface area contributed by atoms with Crippen molar-refractivity contribution in [3.8, 4) is 0 Å². The molecule has 2 unspecified atom stereocenters. The number of hydrogen-bond acceptors (Lipinski definition) is 3. The van der Waals surface area contributed by atoms with Crippen LogP contribution in [0.2, 0.25) is 0 Å². The van der Waals surface area contributed by atoms with Crippen LogP contribution in [0.15, 0.2) is 24.3 Å². The van der Waals surface area contributed by atoms with Crippen LogP contribution in [0.3, 0.4) is 0 Å². The van der Waals surface area contributed by atoms with Crippen LogP contribution in [0, 0.1) is 0 Å². The van der Waals surface area contributed by atoms with Crippen LogP contribution in [0.1, 0.15) is 46.3 Å². The molecule has 4 heteroatoms. The first kappa shape index (κ1) is 13.4. The zero-order chi connectivity index (χ0) is 14.7. The lowest BCUT2D eigenvalue weighted by Gasteiger charge is -2.41. The molecule has 0 N–H and O–H groups in total. The molecule has 0 saturated carbocycles. The molecule has 1 aromatic carbocycles. The predicted molar refractivity (Wildman–Crippen MR) is 76.8 cm³/mol. The van der Waals surface area contributed by atoms with E-state index < -0.39 is 11.1 Å². The standard InChI is InChI=1S/C16H21NO3/c1-15(2,3)20-14(18)17-11-9-7-6-8-10(11)12-13(19-12)16(17,4)5/h6-9,12-13H,1-5H3. The minimum absolute atomic E-state index is 0.0462. The lowest BCUT2D eigenvalue weighted by Crippen LogP contribution is -2.55. The molecule has 1 aromatic rings. The number of hydrogen-bond donors (Lipinski definition) is 0. The molecule has 0 aromatic heterocycles. The van der Waals surface area contributed by atoms with Gasteiger partial charge in [-0.25, -0.2) is 4.79 Å². The summed E-state index contributed by atoms with van der Waals surface area (Å²) in [7, 11) is 0. The summed E-state index contributed by atoms with van der Waals surface area (Å²) < 4.78 is 11.3. The Morgan fingerprint density at radius 1 is 1.30 bits per heavy atom. The maximum absolute atomic E-state index is 12.6. The second-order valence-corrected chi connectivity index (χ2v) is 7.01. The number of carbonyl (C=O) groups is 1. The number of para-hydroxylation sites is 1. The van der Waals surface area contributed by atoms with Crippen molar-refractivity contribution >= 4 is 11.8 Å². The molecule has 1 fully saturated rings. The van der Waals surface area contributed by atoms with E-state index >= 15 is 0 Å². The van der Waals surface area contributed by atoms with Crippen molar-refractivity contribution in [3.63, 3.8) is 0 Å². The van der Waals surface area contributed by atoms with Gasteiger partial charge in [-0.05, 0) is 40.7 Å². The Labute approximate surface area is 119 Å². The number of ether oxygens (including phenoxy) is 2. The number of amides is 1. The zero-order valence-electron chi connectivity index (χ0n) is 12.6. The Hall–Kier alpha value is -1.55. The van der Waals surface area contributed by atoms with Crippen molar-refractivity contribution in [3.05, 3.63) is 29.8 Å². The SMILES string of the molecule is CC(C)(C)OC(=O)N1c2ccccc2C2OC2C1(C)C. The fraction of sp³-hybridized carbons (Fsp3) is 0.562. The summed E-state index contributed by atoms with van der Waals surface area (Å²) in [5.74, 6) is 0. The molecule has 20 heavy (non-hydrogen) atoms. The molecule has 108 valence electrons. The van der Waals surface area contributed by atoms with Crippen molar-refractivity contribution in [1.29, 1.82) is 0 Å². The van der Waals surface area contributed by atoms with E-state index in [0.29, 0.717) is 0 Å². The topological polar surface area (TPSA) is 42.1 Å². The Balaban J connectivity index is 2.02. The van der Waals surface area contributed by atoms with E-state index in [-0.39, 0.29) is 18.3 Å². The highest BCUT2D eigenvalue weighted by Gasteiger charge is 2.60. The van der Waals surface area contributed by atoms with Gasteiger partial charge in [0, 0.05) is 5.56 Å². The summed E-state index contributed by atoms with van der Waals surface area (Å²) in [5.41, 5.74) is 1.05.